The van der Waals surface area contributed by atoms with Gasteiger partial charge in [-0.15, -0.1) is 0 Å². The topological polar surface area (TPSA) is 26.3 Å². The first-order valence-electron chi connectivity index (χ1n) is 5.38. The Morgan fingerprint density at radius 2 is 2.00 bits per heavy atom. The van der Waals surface area contributed by atoms with Crippen LogP contribution in [-0.2, 0) is 16.1 Å². The lowest BCUT2D eigenvalue weighted by atomic mass is 10.0. The van der Waals surface area contributed by atoms with Crippen LogP contribution in [0.3, 0.4) is 0 Å². The largest absolute Gasteiger partial charge is 0.366 e. The van der Waals surface area contributed by atoms with Gasteiger partial charge in [-0.3, -0.25) is 0 Å². The lowest BCUT2D eigenvalue weighted by Crippen LogP contribution is -2.22. The molecular weight excluding hydrogens is 188 g/mol. The van der Waals surface area contributed by atoms with Crippen molar-refractivity contribution < 1.29 is 9.53 Å². The summed E-state index contributed by atoms with van der Waals surface area (Å²) in [6, 6.07) is 9.90. The lowest BCUT2D eigenvalue weighted by molar-refractivity contribution is -0.122. The van der Waals surface area contributed by atoms with Crippen molar-refractivity contribution >= 4 is 6.29 Å². The van der Waals surface area contributed by atoms with Crippen LogP contribution in [0.4, 0.5) is 0 Å². The second-order valence-electron chi connectivity index (χ2n) is 3.78. The molecule has 0 fully saturated rings. The third kappa shape index (κ3) is 3.84. The highest BCUT2D eigenvalue weighted by Crippen LogP contribution is 2.12. The Morgan fingerprint density at radius 3 is 2.53 bits per heavy atom. The van der Waals surface area contributed by atoms with E-state index in [-0.39, 0.29) is 12.0 Å². The van der Waals surface area contributed by atoms with E-state index in [2.05, 4.69) is 6.92 Å². The fourth-order valence-corrected chi connectivity index (χ4v) is 1.34. The van der Waals surface area contributed by atoms with E-state index in [0.29, 0.717) is 6.61 Å². The Hall–Kier alpha value is -1.15. The molecule has 1 rings (SSSR count). The van der Waals surface area contributed by atoms with Gasteiger partial charge in [-0.2, -0.15) is 0 Å². The summed E-state index contributed by atoms with van der Waals surface area (Å²) in [4.78, 5) is 10.8. The van der Waals surface area contributed by atoms with Gasteiger partial charge in [0.1, 0.15) is 12.4 Å². The molecule has 2 heteroatoms. The number of aldehydes is 1. The number of benzene rings is 1. The van der Waals surface area contributed by atoms with Crippen LogP contribution < -0.4 is 0 Å². The van der Waals surface area contributed by atoms with Crippen molar-refractivity contribution in [3.63, 3.8) is 0 Å². The molecule has 0 heterocycles. The van der Waals surface area contributed by atoms with Crippen molar-refractivity contribution in [2.75, 3.05) is 0 Å². The van der Waals surface area contributed by atoms with E-state index in [9.17, 15) is 4.79 Å². The van der Waals surface area contributed by atoms with Gasteiger partial charge in [-0.05, 0) is 11.5 Å². The SMILES string of the molecule is CCC(C)C(C=O)OCc1ccccc1. The van der Waals surface area contributed by atoms with Gasteiger partial charge >= 0.3 is 0 Å². The van der Waals surface area contributed by atoms with Crippen molar-refractivity contribution in [2.24, 2.45) is 5.92 Å². The van der Waals surface area contributed by atoms with Crippen LogP contribution >= 0.6 is 0 Å². The van der Waals surface area contributed by atoms with E-state index >= 15 is 0 Å². The molecule has 0 radical (unpaired) electrons. The van der Waals surface area contributed by atoms with Crippen molar-refractivity contribution in [2.45, 2.75) is 33.0 Å². The van der Waals surface area contributed by atoms with Crippen molar-refractivity contribution in [1.29, 1.82) is 0 Å². The molecule has 0 spiro atoms. The monoisotopic (exact) mass is 206 g/mol. The van der Waals surface area contributed by atoms with E-state index in [1.807, 2.05) is 37.3 Å². The van der Waals surface area contributed by atoms with Gasteiger partial charge < -0.3 is 9.53 Å². The summed E-state index contributed by atoms with van der Waals surface area (Å²) < 4.78 is 5.56. The predicted octanol–water partition coefficient (Wildman–Crippen LogP) is 2.82. The molecule has 0 aromatic heterocycles. The van der Waals surface area contributed by atoms with E-state index in [1.165, 1.54) is 0 Å². The number of hydrogen-bond donors (Lipinski definition) is 0. The van der Waals surface area contributed by atoms with Gasteiger partial charge in [0.05, 0.1) is 6.61 Å². The van der Waals surface area contributed by atoms with Crippen molar-refractivity contribution in [1.82, 2.24) is 0 Å². The van der Waals surface area contributed by atoms with Crippen LogP contribution in [0.15, 0.2) is 30.3 Å². The molecule has 0 saturated heterocycles. The van der Waals surface area contributed by atoms with Gasteiger partial charge in [0.2, 0.25) is 0 Å². The standard InChI is InChI=1S/C13H18O2/c1-3-11(2)13(9-14)15-10-12-7-5-4-6-8-12/h4-9,11,13H,3,10H2,1-2H3. The maximum Gasteiger partial charge on any atom is 0.149 e. The summed E-state index contributed by atoms with van der Waals surface area (Å²) in [5.41, 5.74) is 1.10. The van der Waals surface area contributed by atoms with Crippen molar-refractivity contribution in [3.05, 3.63) is 35.9 Å². The summed E-state index contributed by atoms with van der Waals surface area (Å²) in [7, 11) is 0. The minimum Gasteiger partial charge on any atom is -0.366 e. The van der Waals surface area contributed by atoms with Crippen LogP contribution in [0.2, 0.25) is 0 Å². The molecule has 1 aromatic carbocycles. The molecule has 15 heavy (non-hydrogen) atoms. The normalized spacial score (nSPS) is 14.5. The van der Waals surface area contributed by atoms with Crippen LogP contribution in [0.25, 0.3) is 0 Å². The highest BCUT2D eigenvalue weighted by molar-refractivity contribution is 5.56. The highest BCUT2D eigenvalue weighted by atomic mass is 16.5. The molecule has 0 amide bonds. The van der Waals surface area contributed by atoms with Gasteiger partial charge in [0, 0.05) is 0 Å². The molecule has 82 valence electrons. The average molecular weight is 206 g/mol. The highest BCUT2D eigenvalue weighted by Gasteiger charge is 2.14. The van der Waals surface area contributed by atoms with Crippen LogP contribution in [0.5, 0.6) is 0 Å². The predicted molar refractivity (Wildman–Crippen MR) is 60.5 cm³/mol. The van der Waals surface area contributed by atoms with Crippen LogP contribution in [0, 0.1) is 5.92 Å². The first-order valence-corrected chi connectivity index (χ1v) is 5.38. The minimum atomic E-state index is -0.282. The maximum atomic E-state index is 10.8. The fraction of sp³-hybridized carbons (Fsp3) is 0.462. The van der Waals surface area contributed by atoms with E-state index < -0.39 is 0 Å². The molecule has 2 nitrogen and oxygen atoms in total. The second kappa shape index (κ2) is 6.36. The Labute approximate surface area is 91.3 Å². The molecule has 0 aliphatic carbocycles. The van der Waals surface area contributed by atoms with Gasteiger partial charge in [0.25, 0.3) is 0 Å². The quantitative estimate of drug-likeness (QED) is 0.669. The minimum absolute atomic E-state index is 0.282. The summed E-state index contributed by atoms with van der Waals surface area (Å²) >= 11 is 0. The summed E-state index contributed by atoms with van der Waals surface area (Å²) in [6.45, 7) is 4.60. The van der Waals surface area contributed by atoms with Gasteiger partial charge in [-0.1, -0.05) is 50.6 Å². The van der Waals surface area contributed by atoms with E-state index in [0.717, 1.165) is 18.3 Å². The molecule has 0 bridgehead atoms. The molecule has 0 aliphatic rings. The fourth-order valence-electron chi connectivity index (χ4n) is 1.34. The number of hydrogen-bond acceptors (Lipinski definition) is 2. The number of carbonyl (C=O) groups is 1. The summed E-state index contributed by atoms with van der Waals surface area (Å²) in [5.74, 6) is 0.284. The Bertz CT molecular complexity index is 282. The Kier molecular flexibility index (Phi) is 5.05. The van der Waals surface area contributed by atoms with E-state index in [4.69, 9.17) is 4.74 Å². The van der Waals surface area contributed by atoms with Gasteiger partial charge in [0.15, 0.2) is 0 Å². The molecule has 1 aromatic rings. The summed E-state index contributed by atoms with van der Waals surface area (Å²) in [6.07, 6.45) is 1.57. The second-order valence-corrected chi connectivity index (χ2v) is 3.78. The zero-order valence-corrected chi connectivity index (χ0v) is 9.35. The number of ether oxygens (including phenoxy) is 1. The third-order valence-electron chi connectivity index (χ3n) is 2.62. The number of rotatable bonds is 6. The zero-order valence-electron chi connectivity index (χ0n) is 9.35. The molecule has 0 N–H and O–H groups in total. The first-order chi connectivity index (χ1) is 7.27. The lowest BCUT2D eigenvalue weighted by Gasteiger charge is -2.17. The molecule has 0 aliphatic heterocycles. The number of carbonyl (C=O) groups excluding carboxylic acids is 1. The van der Waals surface area contributed by atoms with Crippen molar-refractivity contribution in [3.8, 4) is 0 Å². The molecule has 0 saturated carbocycles. The van der Waals surface area contributed by atoms with Crippen LogP contribution in [-0.4, -0.2) is 12.4 Å². The Balaban J connectivity index is 2.44. The third-order valence-corrected chi connectivity index (χ3v) is 2.62. The molecule has 2 unspecified atom stereocenters. The Morgan fingerprint density at radius 1 is 1.33 bits per heavy atom. The maximum absolute atomic E-state index is 10.8. The zero-order chi connectivity index (χ0) is 11.1. The smallest absolute Gasteiger partial charge is 0.149 e. The summed E-state index contributed by atoms with van der Waals surface area (Å²) in [5, 5.41) is 0. The van der Waals surface area contributed by atoms with Gasteiger partial charge in [-0.25, -0.2) is 0 Å². The van der Waals surface area contributed by atoms with Crippen LogP contribution in [0.1, 0.15) is 25.8 Å². The average Bonchev–Trinajstić information content (AvgIpc) is 2.31. The first kappa shape index (κ1) is 11.9. The molecular formula is C13H18O2. The van der Waals surface area contributed by atoms with E-state index in [1.54, 1.807) is 0 Å². The molecule has 2 atom stereocenters.